The molecule has 3 N–H and O–H groups in total. The lowest BCUT2D eigenvalue weighted by atomic mass is 9.96. The fraction of sp³-hybridized carbons (Fsp3) is 0.900. The highest BCUT2D eigenvalue weighted by Crippen LogP contribution is 2.18. The zero-order chi connectivity index (χ0) is 10.8. The molecule has 1 aliphatic heterocycles. The lowest BCUT2D eigenvalue weighted by Gasteiger charge is -2.35. The molecule has 4 nitrogen and oxygen atoms in total. The number of nitrogens with two attached hydrogens (primary N) is 1. The van der Waals surface area contributed by atoms with Crippen molar-refractivity contribution in [2.75, 3.05) is 19.6 Å². The number of rotatable bonds is 2. The van der Waals surface area contributed by atoms with Crippen molar-refractivity contribution in [2.45, 2.75) is 32.3 Å². The number of likely N-dealkylation sites (tertiary alicyclic amines) is 1. The molecular formula is C10H20N2O2. The number of amides is 1. The van der Waals surface area contributed by atoms with Crippen LogP contribution in [0.5, 0.6) is 0 Å². The molecule has 1 rings (SSSR count). The first-order valence-electron chi connectivity index (χ1n) is 5.17. The molecule has 1 amide bonds. The summed E-state index contributed by atoms with van der Waals surface area (Å²) >= 11 is 0. The minimum atomic E-state index is -1.25. The van der Waals surface area contributed by atoms with E-state index in [9.17, 15) is 9.90 Å². The van der Waals surface area contributed by atoms with Crippen molar-refractivity contribution < 1.29 is 9.90 Å². The first-order chi connectivity index (χ1) is 6.45. The van der Waals surface area contributed by atoms with Gasteiger partial charge in [-0.2, -0.15) is 0 Å². The van der Waals surface area contributed by atoms with Crippen LogP contribution in [0.25, 0.3) is 0 Å². The quantitative estimate of drug-likeness (QED) is 0.657. The number of piperidine rings is 1. The lowest BCUT2D eigenvalue weighted by Crippen LogP contribution is -2.50. The normalized spacial score (nSPS) is 23.7. The van der Waals surface area contributed by atoms with Gasteiger partial charge in [0.25, 0.3) is 5.91 Å². The van der Waals surface area contributed by atoms with Crippen molar-refractivity contribution in [3.63, 3.8) is 0 Å². The third-order valence-electron chi connectivity index (χ3n) is 2.66. The van der Waals surface area contributed by atoms with Crippen molar-refractivity contribution >= 4 is 5.91 Å². The number of nitrogens with zero attached hydrogens (tertiary/aromatic N) is 1. The van der Waals surface area contributed by atoms with E-state index in [1.807, 2.05) is 0 Å². The monoisotopic (exact) mass is 200 g/mol. The smallest absolute Gasteiger partial charge is 0.253 e. The summed E-state index contributed by atoms with van der Waals surface area (Å²) < 4.78 is 0. The molecule has 82 valence electrons. The fourth-order valence-electron chi connectivity index (χ4n) is 1.83. The lowest BCUT2D eigenvalue weighted by molar-refractivity contribution is -0.149. The van der Waals surface area contributed by atoms with Gasteiger partial charge in [0.1, 0.15) is 5.60 Å². The highest BCUT2D eigenvalue weighted by atomic mass is 16.3. The van der Waals surface area contributed by atoms with E-state index in [4.69, 9.17) is 5.73 Å². The van der Waals surface area contributed by atoms with Crippen molar-refractivity contribution in [1.82, 2.24) is 4.90 Å². The first-order valence-corrected chi connectivity index (χ1v) is 5.17. The Morgan fingerprint density at radius 3 is 2.79 bits per heavy atom. The molecule has 1 atom stereocenters. The molecule has 1 unspecified atom stereocenters. The van der Waals surface area contributed by atoms with Gasteiger partial charge in [0.2, 0.25) is 0 Å². The van der Waals surface area contributed by atoms with E-state index in [1.54, 1.807) is 4.90 Å². The minimum Gasteiger partial charge on any atom is -0.381 e. The van der Waals surface area contributed by atoms with Crippen LogP contribution in [-0.2, 0) is 4.79 Å². The second kappa shape index (κ2) is 4.28. The second-order valence-electron chi connectivity index (χ2n) is 4.55. The highest BCUT2D eigenvalue weighted by Gasteiger charge is 2.32. The molecule has 1 aliphatic rings. The number of aliphatic hydroxyl groups is 1. The number of carbonyl (C=O) groups is 1. The average Bonchev–Trinajstić information content (AvgIpc) is 2.15. The molecular weight excluding hydrogens is 180 g/mol. The number of carbonyl (C=O) groups excluding carboxylic acids is 1. The molecule has 0 radical (unpaired) electrons. The number of hydrogen-bond acceptors (Lipinski definition) is 3. The predicted molar refractivity (Wildman–Crippen MR) is 54.7 cm³/mol. The van der Waals surface area contributed by atoms with Gasteiger partial charge in [-0.15, -0.1) is 0 Å². The van der Waals surface area contributed by atoms with E-state index in [2.05, 4.69) is 0 Å². The van der Waals surface area contributed by atoms with E-state index in [0.29, 0.717) is 19.0 Å². The largest absolute Gasteiger partial charge is 0.381 e. The molecule has 0 saturated carbocycles. The van der Waals surface area contributed by atoms with Crippen LogP contribution in [0.3, 0.4) is 0 Å². The van der Waals surface area contributed by atoms with Gasteiger partial charge in [-0.1, -0.05) is 0 Å². The topological polar surface area (TPSA) is 66.6 Å². The Kier molecular flexibility index (Phi) is 3.50. The SMILES string of the molecule is CC(C)(O)C(=O)N1CCCC(CN)C1. The summed E-state index contributed by atoms with van der Waals surface area (Å²) in [6.45, 7) is 5.12. The Bertz CT molecular complexity index is 211. The number of hydrogen-bond donors (Lipinski definition) is 2. The van der Waals surface area contributed by atoms with Crippen LogP contribution in [0.15, 0.2) is 0 Å². The van der Waals surface area contributed by atoms with Crippen LogP contribution in [0.1, 0.15) is 26.7 Å². The van der Waals surface area contributed by atoms with Gasteiger partial charge in [-0.25, -0.2) is 0 Å². The standard InChI is InChI=1S/C10H20N2O2/c1-10(2,14)9(13)12-5-3-4-8(6-11)7-12/h8,14H,3-7,11H2,1-2H3. The zero-order valence-electron chi connectivity index (χ0n) is 8.99. The summed E-state index contributed by atoms with van der Waals surface area (Å²) in [7, 11) is 0. The predicted octanol–water partition coefficient (Wildman–Crippen LogP) is -0.0454. The zero-order valence-corrected chi connectivity index (χ0v) is 8.99. The molecule has 0 spiro atoms. The Labute approximate surface area is 85.1 Å². The van der Waals surface area contributed by atoms with Crippen LogP contribution in [0, 0.1) is 5.92 Å². The highest BCUT2D eigenvalue weighted by molar-refractivity contribution is 5.84. The van der Waals surface area contributed by atoms with E-state index in [0.717, 1.165) is 19.4 Å². The van der Waals surface area contributed by atoms with E-state index >= 15 is 0 Å². The van der Waals surface area contributed by atoms with Gasteiger partial charge in [0, 0.05) is 13.1 Å². The van der Waals surface area contributed by atoms with Gasteiger partial charge >= 0.3 is 0 Å². The molecule has 0 bridgehead atoms. The Morgan fingerprint density at radius 1 is 1.64 bits per heavy atom. The summed E-state index contributed by atoms with van der Waals surface area (Å²) in [5, 5.41) is 9.57. The van der Waals surface area contributed by atoms with Crippen LogP contribution < -0.4 is 5.73 Å². The molecule has 0 aromatic rings. The van der Waals surface area contributed by atoms with E-state index in [-0.39, 0.29) is 5.91 Å². The molecule has 0 aliphatic carbocycles. The molecule has 1 saturated heterocycles. The van der Waals surface area contributed by atoms with Crippen molar-refractivity contribution in [3.05, 3.63) is 0 Å². The van der Waals surface area contributed by atoms with Crippen LogP contribution in [0.4, 0.5) is 0 Å². The third kappa shape index (κ3) is 2.69. The van der Waals surface area contributed by atoms with Crippen LogP contribution in [-0.4, -0.2) is 41.1 Å². The van der Waals surface area contributed by atoms with Crippen LogP contribution in [0.2, 0.25) is 0 Å². The Balaban J connectivity index is 2.56. The molecule has 0 aromatic heterocycles. The molecule has 14 heavy (non-hydrogen) atoms. The van der Waals surface area contributed by atoms with Gasteiger partial charge in [-0.3, -0.25) is 4.79 Å². The average molecular weight is 200 g/mol. The molecule has 0 aromatic carbocycles. The molecule has 1 fully saturated rings. The van der Waals surface area contributed by atoms with E-state index in [1.165, 1.54) is 13.8 Å². The minimum absolute atomic E-state index is 0.185. The summed E-state index contributed by atoms with van der Waals surface area (Å²) in [5.41, 5.74) is 4.32. The van der Waals surface area contributed by atoms with Gasteiger partial charge in [-0.05, 0) is 39.2 Å². The van der Waals surface area contributed by atoms with Gasteiger partial charge in [0.05, 0.1) is 0 Å². The summed E-state index contributed by atoms with van der Waals surface area (Å²) in [6.07, 6.45) is 2.08. The first kappa shape index (κ1) is 11.5. The summed E-state index contributed by atoms with van der Waals surface area (Å²) in [6, 6.07) is 0. The maximum atomic E-state index is 11.7. The molecule has 4 heteroatoms. The molecule has 1 heterocycles. The summed E-state index contributed by atoms with van der Waals surface area (Å²) in [4.78, 5) is 13.4. The van der Waals surface area contributed by atoms with Gasteiger partial charge < -0.3 is 15.7 Å². The van der Waals surface area contributed by atoms with Crippen molar-refractivity contribution in [1.29, 1.82) is 0 Å². The Morgan fingerprint density at radius 2 is 2.29 bits per heavy atom. The fourth-order valence-corrected chi connectivity index (χ4v) is 1.83. The van der Waals surface area contributed by atoms with Gasteiger partial charge in [0.15, 0.2) is 0 Å². The van der Waals surface area contributed by atoms with Crippen LogP contribution >= 0.6 is 0 Å². The second-order valence-corrected chi connectivity index (χ2v) is 4.55. The Hall–Kier alpha value is -0.610. The van der Waals surface area contributed by atoms with E-state index < -0.39 is 5.60 Å². The van der Waals surface area contributed by atoms with Crippen molar-refractivity contribution in [2.24, 2.45) is 11.7 Å². The maximum absolute atomic E-state index is 11.7. The maximum Gasteiger partial charge on any atom is 0.253 e. The summed E-state index contributed by atoms with van der Waals surface area (Å²) in [5.74, 6) is 0.214. The third-order valence-corrected chi connectivity index (χ3v) is 2.66. The van der Waals surface area contributed by atoms with Crippen molar-refractivity contribution in [3.8, 4) is 0 Å².